The Balaban J connectivity index is 1.65. The molecule has 0 saturated heterocycles. The number of anilines is 2. The van der Waals surface area contributed by atoms with Gasteiger partial charge in [-0.3, -0.25) is 19.5 Å². The van der Waals surface area contributed by atoms with Crippen molar-refractivity contribution < 1.29 is 22.7 Å². The van der Waals surface area contributed by atoms with E-state index in [2.05, 4.69) is 26.4 Å². The number of carbonyl (C=O) groups is 1. The van der Waals surface area contributed by atoms with Crippen molar-refractivity contribution in [3.8, 4) is 5.75 Å². The molecule has 3 aromatic rings. The smallest absolute Gasteiger partial charge is 0.416 e. The van der Waals surface area contributed by atoms with E-state index >= 15 is 0 Å². The van der Waals surface area contributed by atoms with Gasteiger partial charge in [0.25, 0.3) is 5.91 Å². The standard InChI is InChI=1S/C25H29F3N8O2/c1-14-22(36-13-21(32-33-36)19-11-30-35(5)15(19)2)8-16(10-29-14)24(37)31-20-9-18(25(26,27)28)7-17(12-34(3)4)23(20)38-6/h7-11,13,32-33H,12H2,1-6H3,(H,31,37). The zero-order chi connectivity index (χ0) is 27.8. The molecule has 1 aromatic carbocycles. The molecule has 3 N–H and O–H groups in total. The van der Waals surface area contributed by atoms with Crippen LogP contribution in [0.5, 0.6) is 5.75 Å². The molecule has 0 saturated carbocycles. The molecule has 2 aromatic heterocycles. The van der Waals surface area contributed by atoms with Crippen LogP contribution in [0, 0.1) is 13.8 Å². The molecule has 1 aliphatic rings. The fourth-order valence-electron chi connectivity index (χ4n) is 4.07. The van der Waals surface area contributed by atoms with Gasteiger partial charge in [0.05, 0.1) is 47.2 Å². The number of nitrogens with zero attached hydrogens (tertiary/aromatic N) is 5. The molecule has 10 nitrogen and oxygen atoms in total. The third-order valence-corrected chi connectivity index (χ3v) is 6.11. The predicted octanol–water partition coefficient (Wildman–Crippen LogP) is 3.60. The largest absolute Gasteiger partial charge is 0.494 e. The van der Waals surface area contributed by atoms with Gasteiger partial charge < -0.3 is 20.4 Å². The highest BCUT2D eigenvalue weighted by atomic mass is 19.4. The first-order valence-corrected chi connectivity index (χ1v) is 11.6. The molecule has 0 spiro atoms. The van der Waals surface area contributed by atoms with Gasteiger partial charge in [0, 0.05) is 42.8 Å². The van der Waals surface area contributed by atoms with Gasteiger partial charge in [-0.2, -0.15) is 18.3 Å². The first kappa shape index (κ1) is 26.9. The molecule has 0 fully saturated rings. The second kappa shape index (κ2) is 10.3. The maximum atomic E-state index is 13.6. The number of hydrazine groups is 2. The molecule has 0 unspecified atom stereocenters. The van der Waals surface area contributed by atoms with E-state index in [0.29, 0.717) is 16.9 Å². The fraction of sp³-hybridized carbons (Fsp3) is 0.320. The summed E-state index contributed by atoms with van der Waals surface area (Å²) in [4.78, 5) is 19.3. The molecule has 0 aliphatic carbocycles. The average molecular weight is 531 g/mol. The number of nitrogens with one attached hydrogen (secondary N) is 3. The van der Waals surface area contributed by atoms with Crippen LogP contribution < -0.4 is 26.0 Å². The first-order chi connectivity index (χ1) is 17.9. The maximum absolute atomic E-state index is 13.6. The summed E-state index contributed by atoms with van der Waals surface area (Å²) in [6.07, 6.45) is 0.311. The predicted molar refractivity (Wildman–Crippen MR) is 137 cm³/mol. The molecule has 0 atom stereocenters. The summed E-state index contributed by atoms with van der Waals surface area (Å²) < 4.78 is 48.0. The van der Waals surface area contributed by atoms with Crippen LogP contribution in [0.3, 0.4) is 0 Å². The molecular weight excluding hydrogens is 501 g/mol. The lowest BCUT2D eigenvalue weighted by Crippen LogP contribution is -2.36. The number of hydrogen-bond acceptors (Lipinski definition) is 8. The molecule has 4 rings (SSSR count). The number of rotatable bonds is 7. The van der Waals surface area contributed by atoms with Crippen LogP contribution in [-0.2, 0) is 19.8 Å². The number of ether oxygens (including phenoxy) is 1. The Bertz CT molecular complexity index is 1400. The van der Waals surface area contributed by atoms with Gasteiger partial charge in [-0.25, -0.2) is 0 Å². The van der Waals surface area contributed by atoms with Crippen molar-refractivity contribution in [2.24, 2.45) is 7.05 Å². The van der Waals surface area contributed by atoms with Crippen LogP contribution in [0.1, 0.15) is 38.4 Å². The number of hydrogen-bond donors (Lipinski definition) is 3. The van der Waals surface area contributed by atoms with Gasteiger partial charge in [0.15, 0.2) is 0 Å². The Hall–Kier alpha value is -4.10. The van der Waals surface area contributed by atoms with Gasteiger partial charge in [-0.1, -0.05) is 0 Å². The highest BCUT2D eigenvalue weighted by Gasteiger charge is 2.33. The molecule has 3 heterocycles. The number of alkyl halides is 3. The minimum absolute atomic E-state index is 0.0819. The van der Waals surface area contributed by atoms with E-state index in [1.54, 1.807) is 54.1 Å². The summed E-state index contributed by atoms with van der Waals surface area (Å²) in [6.45, 7) is 3.91. The van der Waals surface area contributed by atoms with E-state index in [4.69, 9.17) is 4.74 Å². The lowest BCUT2D eigenvalue weighted by atomic mass is 10.1. The van der Waals surface area contributed by atoms with Crippen LogP contribution in [0.15, 0.2) is 36.8 Å². The quantitative estimate of drug-likeness (QED) is 0.426. The van der Waals surface area contributed by atoms with Crippen LogP contribution in [0.4, 0.5) is 24.5 Å². The fourth-order valence-corrected chi connectivity index (χ4v) is 4.07. The van der Waals surface area contributed by atoms with E-state index in [1.165, 1.54) is 13.3 Å². The summed E-state index contributed by atoms with van der Waals surface area (Å²) in [7, 11) is 6.66. The first-order valence-electron chi connectivity index (χ1n) is 11.6. The molecule has 13 heteroatoms. The topological polar surface area (TPSA) is 99.6 Å². The number of aromatic nitrogens is 3. The van der Waals surface area contributed by atoms with Crippen molar-refractivity contribution in [3.05, 3.63) is 70.4 Å². The Labute approximate surface area is 218 Å². The van der Waals surface area contributed by atoms with E-state index in [9.17, 15) is 18.0 Å². The van der Waals surface area contributed by atoms with Crippen molar-refractivity contribution in [1.82, 2.24) is 30.6 Å². The highest BCUT2D eigenvalue weighted by Crippen LogP contribution is 2.38. The third kappa shape index (κ3) is 5.43. The second-order valence-corrected chi connectivity index (χ2v) is 9.15. The van der Waals surface area contributed by atoms with E-state index in [0.717, 1.165) is 29.1 Å². The minimum atomic E-state index is -4.60. The molecule has 38 heavy (non-hydrogen) atoms. The minimum Gasteiger partial charge on any atom is -0.494 e. The maximum Gasteiger partial charge on any atom is 0.416 e. The van der Waals surface area contributed by atoms with E-state index in [1.807, 2.05) is 14.0 Å². The van der Waals surface area contributed by atoms with E-state index < -0.39 is 17.6 Å². The summed E-state index contributed by atoms with van der Waals surface area (Å²) >= 11 is 0. The van der Waals surface area contributed by atoms with Gasteiger partial charge in [0.2, 0.25) is 0 Å². The number of amides is 1. The Morgan fingerprint density at radius 3 is 2.53 bits per heavy atom. The number of aryl methyl sites for hydroxylation is 2. The van der Waals surface area contributed by atoms with E-state index in [-0.39, 0.29) is 23.5 Å². The van der Waals surface area contributed by atoms with Crippen LogP contribution in [0.25, 0.3) is 5.70 Å². The van der Waals surface area contributed by atoms with Crippen molar-refractivity contribution in [1.29, 1.82) is 0 Å². The number of benzene rings is 1. The SMILES string of the molecule is COc1c(CN(C)C)cc(C(F)(F)F)cc1NC(=O)c1cnc(C)c(N2C=C(c3cnn(C)c3C)NN2)c1. The molecule has 0 radical (unpaired) electrons. The molecule has 1 aliphatic heterocycles. The summed E-state index contributed by atoms with van der Waals surface area (Å²) in [6, 6.07) is 3.50. The zero-order valence-corrected chi connectivity index (χ0v) is 21.9. The van der Waals surface area contributed by atoms with Gasteiger partial charge in [-0.15, -0.1) is 5.53 Å². The Morgan fingerprint density at radius 1 is 1.18 bits per heavy atom. The normalized spacial score (nSPS) is 13.5. The van der Waals surface area contributed by atoms with Crippen LogP contribution in [0.2, 0.25) is 0 Å². The second-order valence-electron chi connectivity index (χ2n) is 9.15. The third-order valence-electron chi connectivity index (χ3n) is 6.11. The number of pyridine rings is 1. The average Bonchev–Trinajstić information content (AvgIpc) is 3.45. The summed E-state index contributed by atoms with van der Waals surface area (Å²) in [5.74, 6) is -0.475. The summed E-state index contributed by atoms with van der Waals surface area (Å²) in [5.41, 5.74) is 9.39. The lowest BCUT2D eigenvalue weighted by molar-refractivity contribution is -0.137. The van der Waals surface area contributed by atoms with Gasteiger partial charge in [0.1, 0.15) is 5.75 Å². The highest BCUT2D eigenvalue weighted by molar-refractivity contribution is 6.05. The lowest BCUT2D eigenvalue weighted by Gasteiger charge is -2.20. The molecule has 1 amide bonds. The van der Waals surface area contributed by atoms with Gasteiger partial charge in [-0.05, 0) is 46.1 Å². The van der Waals surface area contributed by atoms with Crippen molar-refractivity contribution >= 4 is 23.0 Å². The van der Waals surface area contributed by atoms with Crippen LogP contribution in [-0.4, -0.2) is 46.8 Å². The number of methoxy groups -OCH3 is 1. The zero-order valence-electron chi connectivity index (χ0n) is 21.9. The number of halogens is 3. The monoisotopic (exact) mass is 530 g/mol. The summed E-state index contributed by atoms with van der Waals surface area (Å²) in [5, 5.41) is 8.50. The van der Waals surface area contributed by atoms with Crippen molar-refractivity contribution in [3.63, 3.8) is 0 Å². The molecular formula is C25H29F3N8O2. The van der Waals surface area contributed by atoms with Crippen LogP contribution >= 0.6 is 0 Å². The molecule has 202 valence electrons. The van der Waals surface area contributed by atoms with Crippen molar-refractivity contribution in [2.75, 3.05) is 31.5 Å². The molecule has 0 bridgehead atoms. The Kier molecular flexibility index (Phi) is 7.33. The van der Waals surface area contributed by atoms with Crippen molar-refractivity contribution in [2.45, 2.75) is 26.6 Å². The number of carbonyl (C=O) groups excluding carboxylic acids is 1. The van der Waals surface area contributed by atoms with Gasteiger partial charge >= 0.3 is 6.18 Å². The Morgan fingerprint density at radius 2 is 1.92 bits per heavy atom.